The van der Waals surface area contributed by atoms with Crippen LogP contribution in [0.25, 0.3) is 10.2 Å². The Bertz CT molecular complexity index is 889. The summed E-state index contributed by atoms with van der Waals surface area (Å²) in [6, 6.07) is 5.17. The summed E-state index contributed by atoms with van der Waals surface area (Å²) in [4.78, 5) is 22.6. The number of amides is 1. The van der Waals surface area contributed by atoms with Crippen molar-refractivity contribution in [1.29, 1.82) is 0 Å². The first-order valence-electron chi connectivity index (χ1n) is 12.1. The zero-order chi connectivity index (χ0) is 21.8. The number of carbonyl (C=O) groups is 1. The third kappa shape index (κ3) is 5.58. The minimum Gasteiger partial charge on any atom is -0.356 e. The fourth-order valence-electron chi connectivity index (χ4n) is 5.25. The highest BCUT2D eigenvalue weighted by Crippen LogP contribution is 2.33. The lowest BCUT2D eigenvalue weighted by Gasteiger charge is -2.32. The maximum absolute atomic E-state index is 12.8. The molecule has 1 saturated carbocycles. The van der Waals surface area contributed by atoms with Gasteiger partial charge in [0.05, 0.1) is 16.1 Å². The van der Waals surface area contributed by atoms with E-state index in [0.29, 0.717) is 0 Å². The molecule has 1 N–H and O–H groups in total. The number of nitrogens with one attached hydrogen (secondary N) is 1. The van der Waals surface area contributed by atoms with Crippen LogP contribution in [0.15, 0.2) is 12.1 Å². The lowest BCUT2D eigenvalue weighted by Crippen LogP contribution is -2.43. The summed E-state index contributed by atoms with van der Waals surface area (Å²) in [5, 5.41) is 4.28. The number of fused-ring (bicyclic) bond motifs is 1. The van der Waals surface area contributed by atoms with Gasteiger partial charge in [-0.1, -0.05) is 36.7 Å². The number of nitrogens with zero attached hydrogens (tertiary/aromatic N) is 3. The van der Waals surface area contributed by atoms with Gasteiger partial charge in [0.15, 0.2) is 5.13 Å². The first-order valence-corrected chi connectivity index (χ1v) is 12.9. The molecule has 0 bridgehead atoms. The fraction of sp³-hybridized carbons (Fsp3) is 0.680. The summed E-state index contributed by atoms with van der Waals surface area (Å²) in [5.41, 5.74) is 3.63. The number of aromatic nitrogens is 1. The van der Waals surface area contributed by atoms with Crippen molar-refractivity contribution in [3.63, 3.8) is 0 Å². The van der Waals surface area contributed by atoms with E-state index in [1.807, 2.05) is 0 Å². The van der Waals surface area contributed by atoms with Gasteiger partial charge in [0.2, 0.25) is 5.91 Å². The molecule has 2 aliphatic rings. The highest BCUT2D eigenvalue weighted by Gasteiger charge is 2.27. The molecule has 0 spiro atoms. The Hall–Kier alpha value is -1.66. The molecule has 31 heavy (non-hydrogen) atoms. The van der Waals surface area contributed by atoms with Gasteiger partial charge >= 0.3 is 0 Å². The molecular formula is C25H38N4OS. The van der Waals surface area contributed by atoms with Crippen molar-refractivity contribution >= 4 is 32.6 Å². The van der Waals surface area contributed by atoms with Crippen molar-refractivity contribution in [1.82, 2.24) is 15.2 Å². The van der Waals surface area contributed by atoms with Gasteiger partial charge < -0.3 is 15.1 Å². The highest BCUT2D eigenvalue weighted by molar-refractivity contribution is 7.22. The van der Waals surface area contributed by atoms with Crippen LogP contribution in [0.1, 0.15) is 62.5 Å². The molecule has 1 aliphatic heterocycles. The fourth-order valence-corrected chi connectivity index (χ4v) is 6.42. The summed E-state index contributed by atoms with van der Waals surface area (Å²) in [5.74, 6) is 0.290. The molecule has 2 heterocycles. The van der Waals surface area contributed by atoms with Crippen LogP contribution >= 0.6 is 11.3 Å². The topological polar surface area (TPSA) is 48.5 Å². The number of hydrogen-bond acceptors (Lipinski definition) is 5. The predicted molar refractivity (Wildman–Crippen MR) is 131 cm³/mol. The second kappa shape index (κ2) is 10.3. The minimum absolute atomic E-state index is 0.0691. The number of carbonyl (C=O) groups excluding carboxylic acids is 1. The van der Waals surface area contributed by atoms with Gasteiger partial charge in [-0.3, -0.25) is 4.79 Å². The lowest BCUT2D eigenvalue weighted by atomic mass is 9.94. The Labute approximate surface area is 191 Å². The highest BCUT2D eigenvalue weighted by atomic mass is 32.1. The average Bonchev–Trinajstić information content (AvgIpc) is 3.21. The lowest BCUT2D eigenvalue weighted by molar-refractivity contribution is -0.125. The predicted octanol–water partition coefficient (Wildman–Crippen LogP) is 4.90. The molecule has 1 aromatic carbocycles. The van der Waals surface area contributed by atoms with Crippen molar-refractivity contribution in [3.05, 3.63) is 23.3 Å². The Balaban J connectivity index is 1.26. The van der Waals surface area contributed by atoms with Gasteiger partial charge in [-0.2, -0.15) is 0 Å². The van der Waals surface area contributed by atoms with E-state index in [4.69, 9.17) is 4.98 Å². The summed E-state index contributed by atoms with van der Waals surface area (Å²) >= 11 is 1.76. The standard InChI is InChI=1S/C25H38N4OS/c1-18-15-19(2)23-22(16-18)31-25(27-23)29-14-7-9-20(17-29)24(30)26-12-8-13-28(3)21-10-5-4-6-11-21/h15-16,20-21H,4-14,17H2,1-3H3,(H,26,30)/t20-/m1/s1. The van der Waals surface area contributed by atoms with Gasteiger partial charge in [-0.05, 0) is 76.7 Å². The largest absolute Gasteiger partial charge is 0.356 e. The number of hydrogen-bond donors (Lipinski definition) is 1. The smallest absolute Gasteiger partial charge is 0.224 e. The summed E-state index contributed by atoms with van der Waals surface area (Å²) in [6.45, 7) is 7.91. The van der Waals surface area contributed by atoms with Crippen molar-refractivity contribution in [2.45, 2.75) is 71.3 Å². The van der Waals surface area contributed by atoms with E-state index in [9.17, 15) is 4.79 Å². The monoisotopic (exact) mass is 442 g/mol. The quantitative estimate of drug-likeness (QED) is 0.620. The SMILES string of the molecule is Cc1cc(C)c2nc(N3CCC[C@@H](C(=O)NCCCN(C)C4CCCCC4)C3)sc2c1. The Morgan fingerprint density at radius 2 is 2.00 bits per heavy atom. The number of aryl methyl sites for hydroxylation is 2. The zero-order valence-corrected chi connectivity index (χ0v) is 20.3. The van der Waals surface area contributed by atoms with Crippen LogP contribution in [-0.4, -0.2) is 55.1 Å². The van der Waals surface area contributed by atoms with Crippen molar-refractivity contribution in [2.75, 3.05) is 38.1 Å². The van der Waals surface area contributed by atoms with Crippen LogP contribution in [0.5, 0.6) is 0 Å². The molecule has 170 valence electrons. The van der Waals surface area contributed by atoms with Gasteiger partial charge in [0, 0.05) is 25.7 Å². The van der Waals surface area contributed by atoms with E-state index < -0.39 is 0 Å². The van der Waals surface area contributed by atoms with E-state index >= 15 is 0 Å². The summed E-state index contributed by atoms with van der Waals surface area (Å²) < 4.78 is 1.25. The number of thiazole rings is 1. The molecule has 1 saturated heterocycles. The van der Waals surface area contributed by atoms with Crippen molar-refractivity contribution < 1.29 is 4.79 Å². The van der Waals surface area contributed by atoms with Crippen LogP contribution in [0, 0.1) is 19.8 Å². The third-order valence-electron chi connectivity index (χ3n) is 7.07. The Morgan fingerprint density at radius 1 is 1.19 bits per heavy atom. The number of piperidine rings is 1. The normalized spacial score (nSPS) is 20.5. The van der Waals surface area contributed by atoms with E-state index in [2.05, 4.69) is 48.1 Å². The van der Waals surface area contributed by atoms with Gasteiger partial charge in [0.1, 0.15) is 0 Å². The molecule has 5 nitrogen and oxygen atoms in total. The second-order valence-electron chi connectivity index (χ2n) is 9.63. The summed E-state index contributed by atoms with van der Waals surface area (Å²) in [7, 11) is 2.25. The van der Waals surface area contributed by atoms with Crippen LogP contribution < -0.4 is 10.2 Å². The molecule has 0 radical (unpaired) electrons. The van der Waals surface area contributed by atoms with Gasteiger partial charge in [-0.25, -0.2) is 4.98 Å². The Morgan fingerprint density at radius 3 is 2.81 bits per heavy atom. The average molecular weight is 443 g/mol. The van der Waals surface area contributed by atoms with Crippen LogP contribution in [-0.2, 0) is 4.79 Å². The maximum atomic E-state index is 12.8. The van der Waals surface area contributed by atoms with Gasteiger partial charge in [-0.15, -0.1) is 0 Å². The van der Waals surface area contributed by atoms with Crippen molar-refractivity contribution in [2.24, 2.45) is 5.92 Å². The molecule has 2 aromatic rings. The molecule has 4 rings (SSSR count). The molecule has 6 heteroatoms. The molecule has 1 atom stereocenters. The number of anilines is 1. The van der Waals surface area contributed by atoms with Gasteiger partial charge in [0.25, 0.3) is 0 Å². The molecule has 1 amide bonds. The summed E-state index contributed by atoms with van der Waals surface area (Å²) in [6.07, 6.45) is 9.89. The molecule has 1 aromatic heterocycles. The van der Waals surface area contributed by atoms with Crippen molar-refractivity contribution in [3.8, 4) is 0 Å². The molecule has 1 aliphatic carbocycles. The number of benzene rings is 1. The van der Waals surface area contributed by atoms with Crippen LogP contribution in [0.4, 0.5) is 5.13 Å². The first-order chi connectivity index (χ1) is 15.0. The molecule has 2 fully saturated rings. The first kappa shape index (κ1) is 22.5. The van der Waals surface area contributed by atoms with Crippen LogP contribution in [0.3, 0.4) is 0 Å². The minimum atomic E-state index is 0.0691. The van der Waals surface area contributed by atoms with E-state index in [0.717, 1.165) is 62.1 Å². The van der Waals surface area contributed by atoms with E-state index in [1.54, 1.807) is 11.3 Å². The van der Waals surface area contributed by atoms with E-state index in [-0.39, 0.29) is 11.8 Å². The third-order valence-corrected chi connectivity index (χ3v) is 8.13. The van der Waals surface area contributed by atoms with Crippen LogP contribution in [0.2, 0.25) is 0 Å². The van der Waals surface area contributed by atoms with E-state index in [1.165, 1.54) is 47.9 Å². The number of rotatable bonds is 7. The zero-order valence-electron chi connectivity index (χ0n) is 19.5. The second-order valence-corrected chi connectivity index (χ2v) is 10.6. The molecule has 0 unspecified atom stereocenters. The Kier molecular flexibility index (Phi) is 7.49. The maximum Gasteiger partial charge on any atom is 0.224 e. The molecular weight excluding hydrogens is 404 g/mol.